The molecule has 0 aliphatic rings. The van der Waals surface area contributed by atoms with Crippen LogP contribution in [0, 0.1) is 0 Å². The first-order chi connectivity index (χ1) is 5.58. The Kier molecular flexibility index (Phi) is 7.17. The molecule has 0 saturated carbocycles. The van der Waals surface area contributed by atoms with E-state index in [1.807, 2.05) is 12.2 Å². The predicted molar refractivity (Wildman–Crippen MR) is 73.1 cm³/mol. The summed E-state index contributed by atoms with van der Waals surface area (Å²) in [5, 5.41) is 0.635. The summed E-state index contributed by atoms with van der Waals surface area (Å²) in [5.41, 5.74) is 0. The van der Waals surface area contributed by atoms with Gasteiger partial charge in [-0.1, -0.05) is 24.0 Å². The van der Waals surface area contributed by atoms with Crippen molar-refractivity contribution < 1.29 is 0 Å². The third-order valence-electron chi connectivity index (χ3n) is 1.29. The number of hydrogen-bond acceptors (Lipinski definition) is 1. The largest absolute Gasteiger partial charge is 0.199 e. The lowest BCUT2D eigenvalue weighted by Crippen LogP contribution is -1.88. The Morgan fingerprint density at radius 2 is 2.08 bits per heavy atom. The van der Waals surface area contributed by atoms with Crippen LogP contribution in [0.5, 0.6) is 0 Å². The maximum Gasteiger partial charge on any atom is 0.0550 e. The van der Waals surface area contributed by atoms with Crippen molar-refractivity contribution in [2.24, 2.45) is 0 Å². The molecule has 0 N–H and O–H groups in total. The molecular formula is C7H14ClPS3. The van der Waals surface area contributed by atoms with Crippen molar-refractivity contribution in [1.82, 2.24) is 0 Å². The van der Waals surface area contributed by atoms with E-state index in [9.17, 15) is 0 Å². The first-order valence-electron chi connectivity index (χ1n) is 3.43. The van der Waals surface area contributed by atoms with E-state index in [0.29, 0.717) is 5.21 Å². The zero-order valence-electron chi connectivity index (χ0n) is 6.82. The quantitative estimate of drug-likeness (QED) is 0.317. The van der Waals surface area contributed by atoms with Crippen LogP contribution in [0.4, 0.5) is 0 Å². The van der Waals surface area contributed by atoms with Gasteiger partial charge >= 0.3 is 0 Å². The van der Waals surface area contributed by atoms with E-state index >= 15 is 0 Å². The van der Waals surface area contributed by atoms with Crippen LogP contribution in [-0.2, 0) is 11.8 Å². The Labute approximate surface area is 92.7 Å². The number of alkyl halides is 1. The van der Waals surface area contributed by atoms with Crippen LogP contribution in [0.25, 0.3) is 0 Å². The second-order valence-electron chi connectivity index (χ2n) is 2.23. The minimum Gasteiger partial charge on any atom is -0.199 e. The fraction of sp³-hybridized carbons (Fsp3) is 0.429. The summed E-state index contributed by atoms with van der Waals surface area (Å²) < 4.78 is -1.55. The highest BCUT2D eigenvalue weighted by Gasteiger charge is 2.17. The van der Waals surface area contributed by atoms with Crippen molar-refractivity contribution >= 4 is 50.6 Å². The van der Waals surface area contributed by atoms with Gasteiger partial charge in [0.05, 0.1) is 5.21 Å². The highest BCUT2D eigenvalue weighted by Crippen LogP contribution is 2.72. The maximum atomic E-state index is 5.83. The topological polar surface area (TPSA) is 0 Å². The average molecular weight is 261 g/mol. The first-order valence-corrected chi connectivity index (χ1v) is 10.5. The van der Waals surface area contributed by atoms with Crippen LogP contribution in [0.2, 0.25) is 0 Å². The summed E-state index contributed by atoms with van der Waals surface area (Å²) in [6.45, 7) is 7.37. The molecule has 0 saturated heterocycles. The van der Waals surface area contributed by atoms with Gasteiger partial charge in [-0.2, -0.15) is 10.5 Å². The van der Waals surface area contributed by atoms with Crippen LogP contribution in [0.15, 0.2) is 25.3 Å². The van der Waals surface area contributed by atoms with Crippen LogP contribution in [0.1, 0.15) is 0 Å². The Morgan fingerprint density at radius 1 is 1.50 bits per heavy atom. The lowest BCUT2D eigenvalue weighted by atomic mass is 10.8. The molecule has 0 fully saturated rings. The van der Waals surface area contributed by atoms with E-state index < -0.39 is 4.44 Å². The molecule has 0 radical (unpaired) electrons. The van der Waals surface area contributed by atoms with E-state index in [2.05, 4.69) is 25.4 Å². The normalized spacial score (nSPS) is 19.3. The highest BCUT2D eigenvalue weighted by atomic mass is 35.5. The van der Waals surface area contributed by atoms with Gasteiger partial charge in [0.15, 0.2) is 0 Å². The van der Waals surface area contributed by atoms with Crippen molar-refractivity contribution in [2.75, 3.05) is 17.1 Å². The molecule has 0 nitrogen and oxygen atoms in total. The molecule has 0 aromatic carbocycles. The standard InChI is InChI=1S/C7H14ClPS3/c1-3-5-9(10,11)12(7-8)6-4-2/h3-4,12H,1-2,5-7H2,(H,10,11). The van der Waals surface area contributed by atoms with E-state index in [0.717, 1.165) is 11.9 Å². The fourth-order valence-corrected chi connectivity index (χ4v) is 10.9. The molecule has 0 aliphatic heterocycles. The van der Waals surface area contributed by atoms with Crippen molar-refractivity contribution in [3.8, 4) is 0 Å². The monoisotopic (exact) mass is 260 g/mol. The average Bonchev–Trinajstić information content (AvgIpc) is 1.99. The number of thiol groups is 2. The Morgan fingerprint density at radius 3 is 2.42 bits per heavy atom. The van der Waals surface area contributed by atoms with Crippen LogP contribution in [0.3, 0.4) is 0 Å². The van der Waals surface area contributed by atoms with E-state index in [-0.39, 0.29) is 10.5 Å². The second kappa shape index (κ2) is 6.56. The molecule has 0 bridgehead atoms. The number of allylic oxidation sites excluding steroid dienone is 1. The van der Waals surface area contributed by atoms with Gasteiger partial charge in [-0.15, -0.1) is 37.0 Å². The number of hydrogen-bond donors (Lipinski definition) is 2. The van der Waals surface area contributed by atoms with Gasteiger partial charge in [0, 0.05) is 10.6 Å². The molecule has 0 aromatic rings. The van der Waals surface area contributed by atoms with Gasteiger partial charge in [-0.3, -0.25) is 0 Å². The first kappa shape index (κ1) is 13.1. The summed E-state index contributed by atoms with van der Waals surface area (Å²) in [5.74, 6) is 0.924. The fourth-order valence-electron chi connectivity index (χ4n) is 0.693. The summed E-state index contributed by atoms with van der Waals surface area (Å²) in [4.78, 5) is 0. The minimum absolute atomic E-state index is 0.341. The molecule has 2 atom stereocenters. The van der Waals surface area contributed by atoms with Gasteiger partial charge in [0.25, 0.3) is 0 Å². The molecule has 72 valence electrons. The van der Waals surface area contributed by atoms with Crippen molar-refractivity contribution in [3.05, 3.63) is 25.3 Å². The lowest BCUT2D eigenvalue weighted by Gasteiger charge is -2.27. The molecule has 5 heteroatoms. The molecule has 0 heterocycles. The smallest absolute Gasteiger partial charge is 0.0550 e. The van der Waals surface area contributed by atoms with E-state index in [1.54, 1.807) is 0 Å². The number of halogens is 1. The lowest BCUT2D eigenvalue weighted by molar-refractivity contribution is 1.78. The SMILES string of the molecule is C=CC[SH](CCl)P(=S)(S)CC=C. The van der Waals surface area contributed by atoms with Gasteiger partial charge in [0.2, 0.25) is 0 Å². The predicted octanol–water partition coefficient (Wildman–Crippen LogP) is 3.80. The Bertz CT molecular complexity index is 205. The molecule has 2 unspecified atom stereocenters. The molecule has 0 aromatic heterocycles. The Balaban J connectivity index is 4.34. The van der Waals surface area contributed by atoms with Gasteiger partial charge < -0.3 is 0 Å². The van der Waals surface area contributed by atoms with Crippen molar-refractivity contribution in [2.45, 2.75) is 0 Å². The molecule has 0 amide bonds. The molecule has 0 rings (SSSR count). The molecule has 0 aliphatic carbocycles. The molecular weight excluding hydrogens is 247 g/mol. The zero-order chi connectivity index (χ0) is 9.61. The third kappa shape index (κ3) is 4.38. The summed E-state index contributed by atoms with van der Waals surface area (Å²) in [7, 11) is -0.341. The second-order valence-corrected chi connectivity index (χ2v) is 16.5. The molecule has 12 heavy (non-hydrogen) atoms. The summed E-state index contributed by atoms with van der Waals surface area (Å²) in [6, 6.07) is 0. The Hall–Kier alpha value is 1.12. The number of rotatable bonds is 6. The zero-order valence-corrected chi connectivity index (χ0v) is 11.1. The van der Waals surface area contributed by atoms with Crippen LogP contribution >= 0.6 is 38.8 Å². The van der Waals surface area contributed by atoms with Crippen molar-refractivity contribution in [3.63, 3.8) is 0 Å². The van der Waals surface area contributed by atoms with Crippen molar-refractivity contribution in [1.29, 1.82) is 0 Å². The van der Waals surface area contributed by atoms with Gasteiger partial charge in [-0.05, 0) is 5.75 Å². The summed E-state index contributed by atoms with van der Waals surface area (Å²) in [6.07, 6.45) is 4.56. The third-order valence-corrected chi connectivity index (χ3v) is 14.6. The summed E-state index contributed by atoms with van der Waals surface area (Å²) >= 11 is 15.8. The van der Waals surface area contributed by atoms with E-state index in [1.165, 1.54) is 0 Å². The minimum atomic E-state index is -1.55. The van der Waals surface area contributed by atoms with E-state index in [4.69, 9.17) is 23.4 Å². The highest BCUT2D eigenvalue weighted by molar-refractivity contribution is 9.01. The van der Waals surface area contributed by atoms with Crippen LogP contribution < -0.4 is 0 Å². The van der Waals surface area contributed by atoms with Gasteiger partial charge in [-0.25, -0.2) is 0 Å². The van der Waals surface area contributed by atoms with Crippen LogP contribution in [-0.4, -0.2) is 17.1 Å². The molecule has 0 spiro atoms. The maximum absolute atomic E-state index is 5.83. The van der Waals surface area contributed by atoms with Gasteiger partial charge in [0.1, 0.15) is 0 Å².